The predicted octanol–water partition coefficient (Wildman–Crippen LogP) is 1.06. The molecule has 9 nitrogen and oxygen atoms in total. The number of anilines is 1. The molecule has 9 heteroatoms. The number of carbonyl (C=O) groups is 3. The first-order valence-corrected chi connectivity index (χ1v) is 11.1. The molecule has 2 amide bonds. The molecule has 0 aliphatic carbocycles. The number of piperazine rings is 1. The molecule has 0 spiro atoms. The summed E-state index contributed by atoms with van der Waals surface area (Å²) in [5, 5.41) is 10.8. The van der Waals surface area contributed by atoms with Crippen LogP contribution in [0, 0.1) is 5.92 Å². The molecule has 2 saturated heterocycles. The van der Waals surface area contributed by atoms with Gasteiger partial charge in [-0.15, -0.1) is 0 Å². The van der Waals surface area contributed by atoms with E-state index in [-0.39, 0.29) is 35.8 Å². The number of amides is 2. The van der Waals surface area contributed by atoms with Crippen molar-refractivity contribution >= 4 is 23.5 Å². The van der Waals surface area contributed by atoms with E-state index in [1.807, 2.05) is 36.4 Å². The van der Waals surface area contributed by atoms with Gasteiger partial charge in [-0.25, -0.2) is 0 Å². The molecule has 2 N–H and O–H groups in total. The molecule has 3 atom stereocenters. The minimum absolute atomic E-state index is 0.0464. The van der Waals surface area contributed by atoms with Crippen molar-refractivity contribution in [3.05, 3.63) is 64.6 Å². The Morgan fingerprint density at radius 1 is 1.00 bits per heavy atom. The van der Waals surface area contributed by atoms with Crippen LogP contribution in [0.25, 0.3) is 0 Å². The highest BCUT2D eigenvalue weighted by atomic mass is 16.4. The molecule has 0 unspecified atom stereocenters. The van der Waals surface area contributed by atoms with Gasteiger partial charge in [0.25, 0.3) is 11.5 Å². The number of fused-ring (bicyclic) bond motifs is 4. The minimum atomic E-state index is -0.833. The third-order valence-electron chi connectivity index (χ3n) is 6.40. The molecule has 2 bridgehead atoms. The van der Waals surface area contributed by atoms with E-state index in [9.17, 15) is 14.4 Å². The van der Waals surface area contributed by atoms with Crippen LogP contribution in [0.5, 0.6) is 0 Å². The van der Waals surface area contributed by atoms with Crippen LogP contribution < -0.4 is 15.8 Å². The normalized spacial score (nSPS) is 23.8. The Kier molecular flexibility index (Phi) is 6.60. The standard InChI is InChI=1S/C22H24N4O3.C2H4O2/c27-19-8-4-7-18-15-11-16(13-23-12-15)21(26(18)19)22(29)24-9-10-25(20(28)14-24)17-5-2-1-3-6-17;1-2(3)4/h1-8,15-16,21,23H,9-14H2;1H3,(H,3,4)/t15-,16+,21-;/m1./s1. The van der Waals surface area contributed by atoms with Gasteiger partial charge in [0.15, 0.2) is 0 Å². The van der Waals surface area contributed by atoms with Crippen LogP contribution in [-0.4, -0.2) is 65.1 Å². The van der Waals surface area contributed by atoms with Crippen LogP contribution >= 0.6 is 0 Å². The summed E-state index contributed by atoms with van der Waals surface area (Å²) in [5.74, 6) is -0.723. The topological polar surface area (TPSA) is 112 Å². The molecule has 3 aliphatic heterocycles. The van der Waals surface area contributed by atoms with E-state index >= 15 is 0 Å². The third-order valence-corrected chi connectivity index (χ3v) is 6.40. The fourth-order valence-electron chi connectivity index (χ4n) is 5.04. The van der Waals surface area contributed by atoms with Gasteiger partial charge in [-0.1, -0.05) is 24.3 Å². The number of nitrogens with zero attached hydrogens (tertiary/aromatic N) is 3. The van der Waals surface area contributed by atoms with Crippen LogP contribution in [0.3, 0.4) is 0 Å². The molecular formula is C24H28N4O5. The highest BCUT2D eigenvalue weighted by molar-refractivity contribution is 5.98. The number of rotatable bonds is 2. The highest BCUT2D eigenvalue weighted by Crippen LogP contribution is 2.39. The molecule has 4 heterocycles. The van der Waals surface area contributed by atoms with Gasteiger partial charge in [-0.3, -0.25) is 23.7 Å². The number of piperidine rings is 1. The molecule has 0 saturated carbocycles. The first-order valence-electron chi connectivity index (χ1n) is 11.1. The zero-order chi connectivity index (χ0) is 23.5. The van der Waals surface area contributed by atoms with Crippen molar-refractivity contribution in [2.75, 3.05) is 37.6 Å². The quantitative estimate of drug-likeness (QED) is 0.705. The number of carboxylic acids is 1. The van der Waals surface area contributed by atoms with Crippen molar-refractivity contribution in [2.45, 2.75) is 25.3 Å². The number of para-hydroxylation sites is 1. The van der Waals surface area contributed by atoms with E-state index in [2.05, 4.69) is 5.32 Å². The van der Waals surface area contributed by atoms with Gasteiger partial charge in [0.2, 0.25) is 11.8 Å². The maximum Gasteiger partial charge on any atom is 0.300 e. The Bertz CT molecular complexity index is 1100. The van der Waals surface area contributed by atoms with Crippen molar-refractivity contribution < 1.29 is 19.5 Å². The molecule has 1 aromatic heterocycles. The van der Waals surface area contributed by atoms with Crippen LogP contribution in [0.15, 0.2) is 53.3 Å². The lowest BCUT2D eigenvalue weighted by Gasteiger charge is -2.44. The molecule has 2 aromatic rings. The summed E-state index contributed by atoms with van der Waals surface area (Å²) in [6, 6.07) is 14.2. The number of pyridine rings is 1. The Morgan fingerprint density at radius 2 is 1.73 bits per heavy atom. The highest BCUT2D eigenvalue weighted by Gasteiger charge is 2.44. The lowest BCUT2D eigenvalue weighted by Crippen LogP contribution is -2.57. The molecular weight excluding hydrogens is 424 g/mol. The molecule has 174 valence electrons. The first kappa shape index (κ1) is 22.7. The van der Waals surface area contributed by atoms with Gasteiger partial charge in [0, 0.05) is 62.4 Å². The van der Waals surface area contributed by atoms with Gasteiger partial charge in [-0.2, -0.15) is 0 Å². The number of hydrogen-bond acceptors (Lipinski definition) is 5. The van der Waals surface area contributed by atoms with Gasteiger partial charge in [0.1, 0.15) is 12.6 Å². The van der Waals surface area contributed by atoms with Gasteiger partial charge in [-0.05, 0) is 24.6 Å². The van der Waals surface area contributed by atoms with Crippen molar-refractivity contribution in [1.82, 2.24) is 14.8 Å². The fraction of sp³-hybridized carbons (Fsp3) is 0.417. The molecule has 3 aliphatic rings. The largest absolute Gasteiger partial charge is 0.481 e. The smallest absolute Gasteiger partial charge is 0.300 e. The van der Waals surface area contributed by atoms with E-state index in [4.69, 9.17) is 9.90 Å². The lowest BCUT2D eigenvalue weighted by atomic mass is 9.79. The van der Waals surface area contributed by atoms with Crippen molar-refractivity contribution in [1.29, 1.82) is 0 Å². The van der Waals surface area contributed by atoms with Gasteiger partial charge >= 0.3 is 0 Å². The first-order chi connectivity index (χ1) is 15.9. The Hall–Kier alpha value is -3.46. The maximum atomic E-state index is 13.5. The molecule has 5 rings (SSSR count). The number of aliphatic carboxylic acids is 1. The van der Waals surface area contributed by atoms with E-state index in [0.717, 1.165) is 31.3 Å². The van der Waals surface area contributed by atoms with Gasteiger partial charge in [0.05, 0.1) is 0 Å². The van der Waals surface area contributed by atoms with Crippen LogP contribution in [0.2, 0.25) is 0 Å². The molecule has 0 radical (unpaired) electrons. The number of benzene rings is 1. The minimum Gasteiger partial charge on any atom is -0.481 e. The van der Waals surface area contributed by atoms with Crippen LogP contribution in [-0.2, 0) is 14.4 Å². The second-order valence-electron chi connectivity index (χ2n) is 8.61. The van der Waals surface area contributed by atoms with Crippen molar-refractivity contribution in [3.63, 3.8) is 0 Å². The monoisotopic (exact) mass is 452 g/mol. The Morgan fingerprint density at radius 3 is 2.42 bits per heavy atom. The van der Waals surface area contributed by atoms with Crippen LogP contribution in [0.4, 0.5) is 5.69 Å². The summed E-state index contributed by atoms with van der Waals surface area (Å²) in [5.41, 5.74) is 1.64. The number of nitrogens with one attached hydrogen (secondary N) is 1. The Labute approximate surface area is 191 Å². The summed E-state index contributed by atoms with van der Waals surface area (Å²) in [6.45, 7) is 3.60. The van der Waals surface area contributed by atoms with E-state index in [1.54, 1.807) is 20.4 Å². The van der Waals surface area contributed by atoms with E-state index in [0.29, 0.717) is 19.6 Å². The molecule has 33 heavy (non-hydrogen) atoms. The summed E-state index contributed by atoms with van der Waals surface area (Å²) in [4.78, 5) is 51.3. The van der Waals surface area contributed by atoms with E-state index in [1.165, 1.54) is 6.07 Å². The summed E-state index contributed by atoms with van der Waals surface area (Å²) < 4.78 is 1.69. The SMILES string of the molecule is CC(=O)O.O=C([C@H]1[C@@H]2CNC[C@@H](C2)c2cccc(=O)n21)N1CCN(c2ccccc2)C(=O)C1. The molecule has 2 fully saturated rings. The third kappa shape index (κ3) is 4.68. The van der Waals surface area contributed by atoms with E-state index < -0.39 is 12.0 Å². The zero-order valence-electron chi connectivity index (χ0n) is 18.5. The van der Waals surface area contributed by atoms with Crippen molar-refractivity contribution in [3.8, 4) is 0 Å². The van der Waals surface area contributed by atoms with Crippen LogP contribution in [0.1, 0.15) is 31.0 Å². The number of carboxylic acid groups (broad SMARTS) is 1. The van der Waals surface area contributed by atoms with Gasteiger partial charge < -0.3 is 20.2 Å². The summed E-state index contributed by atoms with van der Waals surface area (Å²) in [6.07, 6.45) is 0.894. The average Bonchev–Trinajstić information content (AvgIpc) is 2.80. The second kappa shape index (κ2) is 9.58. The second-order valence-corrected chi connectivity index (χ2v) is 8.61. The molecule has 1 aromatic carbocycles. The maximum absolute atomic E-state index is 13.5. The summed E-state index contributed by atoms with van der Waals surface area (Å²) in [7, 11) is 0. The Balaban J connectivity index is 0.000000601. The predicted molar refractivity (Wildman–Crippen MR) is 122 cm³/mol. The van der Waals surface area contributed by atoms with Crippen molar-refractivity contribution in [2.24, 2.45) is 5.92 Å². The number of hydrogen-bond donors (Lipinski definition) is 2. The number of carbonyl (C=O) groups excluding carboxylic acids is 2. The number of aromatic nitrogens is 1. The summed E-state index contributed by atoms with van der Waals surface area (Å²) >= 11 is 0. The average molecular weight is 453 g/mol. The lowest BCUT2D eigenvalue weighted by molar-refractivity contribution is -0.142. The fourth-order valence-corrected chi connectivity index (χ4v) is 5.04. The zero-order valence-corrected chi connectivity index (χ0v) is 18.5.